The lowest BCUT2D eigenvalue weighted by Crippen LogP contribution is -1.95. The molecule has 0 saturated heterocycles. The Morgan fingerprint density at radius 2 is 2.00 bits per heavy atom. The lowest BCUT2D eigenvalue weighted by Gasteiger charge is -2.02. The van der Waals surface area contributed by atoms with Crippen molar-refractivity contribution in [2.45, 2.75) is 6.61 Å². The molecule has 0 aliphatic heterocycles. The Morgan fingerprint density at radius 1 is 1.27 bits per heavy atom. The fourth-order valence-electron chi connectivity index (χ4n) is 0.988. The molecule has 0 N–H and O–H groups in total. The molecule has 0 aliphatic rings. The van der Waals surface area contributed by atoms with Crippen molar-refractivity contribution in [3.63, 3.8) is 0 Å². The van der Waals surface area contributed by atoms with Gasteiger partial charge in [-0.3, -0.25) is 0 Å². The van der Waals surface area contributed by atoms with Crippen LogP contribution in [0.4, 0.5) is 0 Å². The van der Waals surface area contributed by atoms with Crippen molar-refractivity contribution in [2.24, 2.45) is 0 Å². The van der Waals surface area contributed by atoms with E-state index in [1.165, 1.54) is 0 Å². The van der Waals surface area contributed by atoms with Crippen LogP contribution in [0.2, 0.25) is 5.15 Å². The van der Waals surface area contributed by atoms with Crippen molar-refractivity contribution in [1.82, 2.24) is 8.75 Å². The third-order valence-electron chi connectivity index (χ3n) is 1.71. The summed E-state index contributed by atoms with van der Waals surface area (Å²) in [6, 6.07) is 7.86. The van der Waals surface area contributed by atoms with E-state index in [2.05, 4.69) is 24.7 Å². The van der Waals surface area contributed by atoms with Crippen molar-refractivity contribution < 1.29 is 4.74 Å². The molecule has 0 bridgehead atoms. The third-order valence-corrected chi connectivity index (χ3v) is 3.10. The number of rotatable bonds is 3. The number of halogens is 2. The van der Waals surface area contributed by atoms with Gasteiger partial charge in [0.2, 0.25) is 5.15 Å². The number of ether oxygens (including phenoxy) is 1. The minimum atomic E-state index is 0.317. The Kier molecular flexibility index (Phi) is 3.56. The first-order valence-corrected chi connectivity index (χ1v) is 6.01. The molecule has 0 unspecified atom stereocenters. The molecular weight excluding hydrogens is 300 g/mol. The second kappa shape index (κ2) is 4.92. The van der Waals surface area contributed by atoms with Crippen molar-refractivity contribution in [3.8, 4) is 5.88 Å². The Balaban J connectivity index is 1.99. The molecule has 15 heavy (non-hydrogen) atoms. The minimum Gasteiger partial charge on any atom is -0.470 e. The third kappa shape index (κ3) is 2.90. The van der Waals surface area contributed by atoms with Crippen LogP contribution in [0.5, 0.6) is 5.88 Å². The Morgan fingerprint density at radius 3 is 2.60 bits per heavy atom. The number of hydrogen-bond acceptors (Lipinski definition) is 4. The Bertz CT molecular complexity index is 446. The van der Waals surface area contributed by atoms with Crippen molar-refractivity contribution >= 4 is 39.3 Å². The van der Waals surface area contributed by atoms with Crippen LogP contribution < -0.4 is 4.74 Å². The van der Waals surface area contributed by atoms with E-state index >= 15 is 0 Å². The summed E-state index contributed by atoms with van der Waals surface area (Å²) in [5.41, 5.74) is 1.06. The second-order valence-electron chi connectivity index (χ2n) is 2.78. The van der Waals surface area contributed by atoms with E-state index < -0.39 is 0 Å². The van der Waals surface area contributed by atoms with Crippen LogP contribution in [0.25, 0.3) is 0 Å². The zero-order chi connectivity index (χ0) is 10.7. The highest BCUT2D eigenvalue weighted by molar-refractivity contribution is 9.10. The highest BCUT2D eigenvalue weighted by Crippen LogP contribution is 2.21. The normalized spacial score (nSPS) is 10.3. The van der Waals surface area contributed by atoms with Crippen LogP contribution in [0, 0.1) is 0 Å². The number of benzene rings is 1. The zero-order valence-electron chi connectivity index (χ0n) is 7.48. The van der Waals surface area contributed by atoms with Crippen LogP contribution in [-0.4, -0.2) is 8.75 Å². The maximum atomic E-state index is 5.74. The fraction of sp³-hybridized carbons (Fsp3) is 0.111. The van der Waals surface area contributed by atoms with Gasteiger partial charge < -0.3 is 4.74 Å². The summed E-state index contributed by atoms with van der Waals surface area (Å²) >= 11 is 10.1. The first kappa shape index (κ1) is 10.9. The van der Waals surface area contributed by atoms with Crippen LogP contribution in [0.15, 0.2) is 28.7 Å². The van der Waals surface area contributed by atoms with Crippen LogP contribution >= 0.6 is 39.3 Å². The maximum absolute atomic E-state index is 5.74. The average Bonchev–Trinajstić information content (AvgIpc) is 2.63. The SMILES string of the molecule is Clc1nsnc1OCc1ccc(Br)cc1. The van der Waals surface area contributed by atoms with Gasteiger partial charge in [-0.05, 0) is 17.7 Å². The van der Waals surface area contributed by atoms with Gasteiger partial charge in [0.15, 0.2) is 0 Å². The molecule has 0 radical (unpaired) electrons. The summed E-state index contributed by atoms with van der Waals surface area (Å²) in [5, 5.41) is 0.317. The lowest BCUT2D eigenvalue weighted by molar-refractivity contribution is 0.297. The molecule has 78 valence electrons. The minimum absolute atomic E-state index is 0.317. The predicted molar refractivity (Wildman–Crippen MR) is 63.4 cm³/mol. The van der Waals surface area contributed by atoms with E-state index in [1.54, 1.807) is 0 Å². The van der Waals surface area contributed by atoms with Crippen molar-refractivity contribution in [2.75, 3.05) is 0 Å². The van der Waals surface area contributed by atoms with E-state index in [9.17, 15) is 0 Å². The zero-order valence-corrected chi connectivity index (χ0v) is 10.6. The van der Waals surface area contributed by atoms with Gasteiger partial charge in [-0.15, -0.1) is 4.37 Å². The highest BCUT2D eigenvalue weighted by Gasteiger charge is 2.05. The molecule has 0 amide bonds. The number of nitrogens with zero attached hydrogens (tertiary/aromatic N) is 2. The Labute approximate surface area is 104 Å². The van der Waals surface area contributed by atoms with Gasteiger partial charge in [-0.25, -0.2) is 0 Å². The summed E-state index contributed by atoms with van der Waals surface area (Å²) in [6.07, 6.45) is 0. The summed E-state index contributed by atoms with van der Waals surface area (Å²) < 4.78 is 14.2. The van der Waals surface area contributed by atoms with E-state index in [1.807, 2.05) is 24.3 Å². The number of aromatic nitrogens is 2. The summed E-state index contributed by atoms with van der Waals surface area (Å²) in [7, 11) is 0. The van der Waals surface area contributed by atoms with Gasteiger partial charge in [0.25, 0.3) is 5.88 Å². The van der Waals surface area contributed by atoms with E-state index in [4.69, 9.17) is 16.3 Å². The molecule has 1 aromatic heterocycles. The van der Waals surface area contributed by atoms with Crippen molar-refractivity contribution in [3.05, 3.63) is 39.5 Å². The fourth-order valence-corrected chi connectivity index (χ4v) is 1.90. The summed E-state index contributed by atoms with van der Waals surface area (Å²) in [5.74, 6) is 0.393. The van der Waals surface area contributed by atoms with Crippen LogP contribution in [0.3, 0.4) is 0 Å². The molecule has 2 rings (SSSR count). The largest absolute Gasteiger partial charge is 0.470 e. The quantitative estimate of drug-likeness (QED) is 0.870. The predicted octanol–water partition coefficient (Wildman–Crippen LogP) is 3.53. The molecule has 3 nitrogen and oxygen atoms in total. The van der Waals surface area contributed by atoms with Gasteiger partial charge in [0.1, 0.15) is 6.61 Å². The molecule has 0 spiro atoms. The van der Waals surface area contributed by atoms with E-state index in [0.717, 1.165) is 21.8 Å². The molecule has 0 aliphatic carbocycles. The molecule has 0 fully saturated rings. The molecule has 6 heteroatoms. The smallest absolute Gasteiger partial charge is 0.265 e. The molecule has 1 heterocycles. The van der Waals surface area contributed by atoms with Crippen molar-refractivity contribution in [1.29, 1.82) is 0 Å². The van der Waals surface area contributed by atoms with Crippen LogP contribution in [0.1, 0.15) is 5.56 Å². The van der Waals surface area contributed by atoms with E-state index in [-0.39, 0.29) is 0 Å². The molecular formula is C9H6BrClN2OS. The first-order chi connectivity index (χ1) is 7.25. The molecule has 0 saturated carbocycles. The summed E-state index contributed by atoms with van der Waals surface area (Å²) in [6.45, 7) is 0.443. The van der Waals surface area contributed by atoms with Gasteiger partial charge in [-0.2, -0.15) is 4.37 Å². The second-order valence-corrected chi connectivity index (χ2v) is 4.58. The van der Waals surface area contributed by atoms with Gasteiger partial charge >= 0.3 is 0 Å². The average molecular weight is 306 g/mol. The lowest BCUT2D eigenvalue weighted by atomic mass is 10.2. The summed E-state index contributed by atoms with van der Waals surface area (Å²) in [4.78, 5) is 0. The van der Waals surface area contributed by atoms with Gasteiger partial charge in [0, 0.05) is 4.47 Å². The topological polar surface area (TPSA) is 35.0 Å². The maximum Gasteiger partial charge on any atom is 0.265 e. The first-order valence-electron chi connectivity index (χ1n) is 4.11. The Hall–Kier alpha value is -0.650. The van der Waals surface area contributed by atoms with E-state index in [0.29, 0.717) is 17.6 Å². The standard InChI is InChI=1S/C9H6BrClN2OS/c10-7-3-1-6(2-4-7)5-14-9-8(11)12-15-13-9/h1-4H,5H2. The molecule has 1 aromatic carbocycles. The van der Waals surface area contributed by atoms with Gasteiger partial charge in [0.05, 0.1) is 11.7 Å². The molecule has 0 atom stereocenters. The van der Waals surface area contributed by atoms with Gasteiger partial charge in [-0.1, -0.05) is 39.7 Å². The van der Waals surface area contributed by atoms with Crippen LogP contribution in [-0.2, 0) is 6.61 Å². The number of hydrogen-bond donors (Lipinski definition) is 0. The highest BCUT2D eigenvalue weighted by atomic mass is 79.9. The monoisotopic (exact) mass is 304 g/mol. The molecule has 2 aromatic rings.